The molecule has 0 amide bonds. The summed E-state index contributed by atoms with van der Waals surface area (Å²) in [6.07, 6.45) is 0. The lowest BCUT2D eigenvalue weighted by Crippen LogP contribution is -2.15. The van der Waals surface area contributed by atoms with Gasteiger partial charge in [-0.2, -0.15) is 25.3 Å². The first kappa shape index (κ1) is 23.5. The Balaban J connectivity index is 3.05. The summed E-state index contributed by atoms with van der Waals surface area (Å²) in [6, 6.07) is 0. The molecule has 0 N–H and O–H groups in total. The molecule has 0 spiro atoms. The predicted molar refractivity (Wildman–Crippen MR) is 92.9 cm³/mol. The van der Waals surface area contributed by atoms with Crippen LogP contribution < -0.4 is 0 Å². The number of hydrogen-bond donors (Lipinski definition) is 2. The van der Waals surface area contributed by atoms with Crippen LogP contribution in [0.1, 0.15) is 0 Å². The summed E-state index contributed by atoms with van der Waals surface area (Å²) >= 11 is 7.56. The number of hydrogen-bond acceptors (Lipinski definition) is 10. The van der Waals surface area contributed by atoms with Gasteiger partial charge in [-0.05, 0) is 0 Å². The normalized spacial score (nSPS) is 10.6. The van der Waals surface area contributed by atoms with Crippen LogP contribution in [-0.2, 0) is 38.0 Å². The zero-order valence-corrected chi connectivity index (χ0v) is 15.4. The molecule has 24 heavy (non-hydrogen) atoms. The van der Waals surface area contributed by atoms with E-state index in [2.05, 4.69) is 25.3 Å². The highest BCUT2D eigenvalue weighted by Crippen LogP contribution is 1.86. The van der Waals surface area contributed by atoms with Gasteiger partial charge < -0.3 is 28.4 Å². The average Bonchev–Trinajstić information content (AvgIpc) is 2.60. The van der Waals surface area contributed by atoms with Gasteiger partial charge in [0.25, 0.3) is 0 Å². The van der Waals surface area contributed by atoms with Crippen LogP contribution in [-0.4, -0.2) is 89.5 Å². The lowest BCUT2D eigenvalue weighted by Gasteiger charge is -2.08. The Hall–Kier alpha value is -0.520. The molecule has 0 aromatic rings. The molecule has 0 bridgehead atoms. The molecule has 0 aliphatic heterocycles. The number of ether oxygens (including phenoxy) is 6. The van der Waals surface area contributed by atoms with Crippen LogP contribution in [0.2, 0.25) is 0 Å². The number of esters is 2. The number of carbonyl (C=O) groups is 2. The zero-order chi connectivity index (χ0) is 17.9. The number of rotatable bonds is 17. The Morgan fingerprint density at radius 3 is 1.00 bits per heavy atom. The second-order valence-electron chi connectivity index (χ2n) is 4.21. The van der Waals surface area contributed by atoms with Gasteiger partial charge >= 0.3 is 11.9 Å². The third-order valence-corrected chi connectivity index (χ3v) is 2.87. The van der Waals surface area contributed by atoms with Gasteiger partial charge in [0.2, 0.25) is 0 Å². The van der Waals surface area contributed by atoms with Gasteiger partial charge in [0, 0.05) is 0 Å². The summed E-state index contributed by atoms with van der Waals surface area (Å²) < 4.78 is 30.5. The number of carbonyl (C=O) groups excluding carboxylic acids is 2. The van der Waals surface area contributed by atoms with Crippen LogP contribution in [0, 0.1) is 0 Å². The highest BCUT2D eigenvalue weighted by Gasteiger charge is 1.99. The van der Waals surface area contributed by atoms with Crippen molar-refractivity contribution in [1.29, 1.82) is 0 Å². The average molecular weight is 386 g/mol. The Morgan fingerprint density at radius 2 is 0.750 bits per heavy atom. The van der Waals surface area contributed by atoms with E-state index in [1.807, 2.05) is 0 Å². The molecule has 0 heterocycles. The van der Waals surface area contributed by atoms with Gasteiger partial charge in [0.15, 0.2) is 0 Å². The molecule has 142 valence electrons. The molecule has 8 nitrogen and oxygen atoms in total. The number of thiol groups is 2. The van der Waals surface area contributed by atoms with E-state index in [0.29, 0.717) is 52.9 Å². The van der Waals surface area contributed by atoms with E-state index in [1.54, 1.807) is 0 Å². The molecule has 0 radical (unpaired) electrons. The van der Waals surface area contributed by atoms with Crippen molar-refractivity contribution in [2.24, 2.45) is 0 Å². The fourth-order valence-corrected chi connectivity index (χ4v) is 1.46. The summed E-state index contributed by atoms with van der Waals surface area (Å²) in [6.45, 7) is 3.74. The molecule has 0 saturated carbocycles. The quantitative estimate of drug-likeness (QED) is 0.205. The van der Waals surface area contributed by atoms with E-state index in [0.717, 1.165) is 0 Å². The van der Waals surface area contributed by atoms with E-state index in [1.165, 1.54) is 0 Å². The van der Waals surface area contributed by atoms with Crippen molar-refractivity contribution in [2.45, 2.75) is 0 Å². The van der Waals surface area contributed by atoms with E-state index in [4.69, 9.17) is 28.4 Å². The zero-order valence-electron chi connectivity index (χ0n) is 13.6. The summed E-state index contributed by atoms with van der Waals surface area (Å²) in [5.41, 5.74) is 0. The van der Waals surface area contributed by atoms with Crippen molar-refractivity contribution in [3.63, 3.8) is 0 Å². The molecular weight excluding hydrogens is 360 g/mol. The molecule has 0 aliphatic carbocycles. The lowest BCUT2D eigenvalue weighted by atomic mass is 10.7. The fraction of sp³-hybridized carbons (Fsp3) is 0.857. The third-order valence-electron chi connectivity index (χ3n) is 2.36. The van der Waals surface area contributed by atoms with Crippen molar-refractivity contribution in [1.82, 2.24) is 0 Å². The first-order valence-corrected chi connectivity index (χ1v) is 8.81. The van der Waals surface area contributed by atoms with Crippen molar-refractivity contribution >= 4 is 37.2 Å². The summed E-state index contributed by atoms with van der Waals surface area (Å²) in [5.74, 6) is -0.592. The molecule has 0 fully saturated rings. The van der Waals surface area contributed by atoms with Gasteiger partial charge in [-0.15, -0.1) is 0 Å². The minimum absolute atomic E-state index is 0.0671. The maximum atomic E-state index is 10.8. The SMILES string of the molecule is O=C(CS)OCCOCCOCCOCCOCCOC(=O)CS. The molecule has 0 aromatic carbocycles. The van der Waals surface area contributed by atoms with Crippen LogP contribution in [0.5, 0.6) is 0 Å². The minimum atomic E-state index is -0.363. The van der Waals surface area contributed by atoms with Crippen molar-refractivity contribution in [2.75, 3.05) is 77.6 Å². The van der Waals surface area contributed by atoms with Crippen molar-refractivity contribution in [3.8, 4) is 0 Å². The molecule has 0 saturated heterocycles. The van der Waals surface area contributed by atoms with Crippen LogP contribution in [0.25, 0.3) is 0 Å². The smallest absolute Gasteiger partial charge is 0.315 e. The van der Waals surface area contributed by atoms with Crippen LogP contribution in [0.4, 0.5) is 0 Å². The summed E-state index contributed by atoms with van der Waals surface area (Å²) in [7, 11) is 0. The molecule has 10 heteroatoms. The molecule has 0 aliphatic rings. The highest BCUT2D eigenvalue weighted by atomic mass is 32.1. The monoisotopic (exact) mass is 386 g/mol. The van der Waals surface area contributed by atoms with Gasteiger partial charge in [0.05, 0.1) is 64.4 Å². The van der Waals surface area contributed by atoms with Gasteiger partial charge in [0.1, 0.15) is 13.2 Å². The Kier molecular flexibility index (Phi) is 18.4. The molecule has 0 rings (SSSR count). The standard InChI is InChI=1S/C14H26O8S2/c15-13(11-23)21-9-7-19-5-3-17-1-2-18-4-6-20-8-10-22-14(16)12-24/h23-24H,1-12H2. The van der Waals surface area contributed by atoms with Gasteiger partial charge in [-0.25, -0.2) is 0 Å². The van der Waals surface area contributed by atoms with E-state index in [-0.39, 0.29) is 36.7 Å². The first-order chi connectivity index (χ1) is 11.7. The third kappa shape index (κ3) is 17.8. The molecule has 0 atom stereocenters. The Bertz CT molecular complexity index is 287. The van der Waals surface area contributed by atoms with Crippen molar-refractivity contribution < 1.29 is 38.0 Å². The molecular formula is C14H26O8S2. The van der Waals surface area contributed by atoms with Gasteiger partial charge in [-0.1, -0.05) is 0 Å². The summed E-state index contributed by atoms with van der Waals surface area (Å²) in [4.78, 5) is 21.5. The van der Waals surface area contributed by atoms with E-state index < -0.39 is 0 Å². The molecule has 0 unspecified atom stereocenters. The summed E-state index contributed by atoms with van der Waals surface area (Å²) in [5, 5.41) is 0. The second kappa shape index (κ2) is 18.8. The van der Waals surface area contributed by atoms with Gasteiger partial charge in [-0.3, -0.25) is 9.59 Å². The van der Waals surface area contributed by atoms with Crippen molar-refractivity contribution in [3.05, 3.63) is 0 Å². The topological polar surface area (TPSA) is 89.5 Å². The Labute approximate surface area is 153 Å². The van der Waals surface area contributed by atoms with Crippen LogP contribution >= 0.6 is 25.3 Å². The predicted octanol–water partition coefficient (Wildman–Crippen LogP) is -0.00120. The first-order valence-electron chi connectivity index (χ1n) is 7.54. The second-order valence-corrected chi connectivity index (χ2v) is 4.84. The largest absolute Gasteiger partial charge is 0.463 e. The van der Waals surface area contributed by atoms with Crippen LogP contribution in [0.15, 0.2) is 0 Å². The maximum absolute atomic E-state index is 10.8. The van der Waals surface area contributed by atoms with Crippen LogP contribution in [0.3, 0.4) is 0 Å². The minimum Gasteiger partial charge on any atom is -0.463 e. The Morgan fingerprint density at radius 1 is 0.500 bits per heavy atom. The van der Waals surface area contributed by atoms with E-state index in [9.17, 15) is 9.59 Å². The fourth-order valence-electron chi connectivity index (χ4n) is 1.28. The highest BCUT2D eigenvalue weighted by molar-refractivity contribution is 7.81. The van der Waals surface area contributed by atoms with E-state index >= 15 is 0 Å². The lowest BCUT2D eigenvalue weighted by molar-refractivity contribution is -0.143. The molecule has 0 aromatic heterocycles. The maximum Gasteiger partial charge on any atom is 0.315 e.